The van der Waals surface area contributed by atoms with Crippen molar-refractivity contribution in [1.82, 2.24) is 4.98 Å². The van der Waals surface area contributed by atoms with E-state index in [1.165, 1.54) is 0 Å². The van der Waals surface area contributed by atoms with Crippen LogP contribution >= 0.6 is 27.5 Å². The lowest BCUT2D eigenvalue weighted by Crippen LogP contribution is -1.93. The van der Waals surface area contributed by atoms with Gasteiger partial charge in [-0.2, -0.15) is 0 Å². The van der Waals surface area contributed by atoms with E-state index in [-0.39, 0.29) is 0 Å². The van der Waals surface area contributed by atoms with Gasteiger partial charge in [0.05, 0.1) is 15.2 Å². The average molecular weight is 235 g/mol. The molecule has 0 atom stereocenters. The largest absolute Gasteiger partial charge is 0.260 e. The summed E-state index contributed by atoms with van der Waals surface area (Å²) in [5, 5.41) is 0.726. The maximum absolute atomic E-state index is 5.87. The Morgan fingerprint density at radius 2 is 2.18 bits per heavy atom. The van der Waals surface area contributed by atoms with Crippen LogP contribution in [0, 0.1) is 0 Å². The molecule has 0 aromatic carbocycles. The van der Waals surface area contributed by atoms with Gasteiger partial charge in [0.15, 0.2) is 0 Å². The summed E-state index contributed by atoms with van der Waals surface area (Å²) in [4.78, 5) is 4.21. The highest BCUT2D eigenvalue weighted by molar-refractivity contribution is 9.10. The van der Waals surface area contributed by atoms with Crippen LogP contribution < -0.4 is 0 Å². The molecule has 1 rings (SSSR count). The van der Waals surface area contributed by atoms with Crippen molar-refractivity contribution in [3.05, 3.63) is 27.5 Å². The Balaban J connectivity index is 3.17. The molecule has 0 saturated carbocycles. The Morgan fingerprint density at radius 3 is 2.64 bits per heavy atom. The van der Waals surface area contributed by atoms with Crippen LogP contribution in [0.25, 0.3) is 0 Å². The number of nitrogens with zero attached hydrogens (tertiary/aromatic N) is 1. The van der Waals surface area contributed by atoms with Crippen molar-refractivity contribution in [3.8, 4) is 0 Å². The summed E-state index contributed by atoms with van der Waals surface area (Å²) in [5.41, 5.74) is 1.01. The zero-order valence-corrected chi connectivity index (χ0v) is 8.78. The lowest BCUT2D eigenvalue weighted by Gasteiger charge is -2.06. The number of pyridine rings is 1. The maximum atomic E-state index is 5.87. The van der Waals surface area contributed by atoms with E-state index in [1.54, 1.807) is 12.3 Å². The maximum Gasteiger partial charge on any atom is 0.0585 e. The summed E-state index contributed by atoms with van der Waals surface area (Å²) in [6.45, 7) is 4.17. The predicted octanol–water partition coefficient (Wildman–Crippen LogP) is 3.62. The lowest BCUT2D eigenvalue weighted by atomic mass is 10.1. The van der Waals surface area contributed by atoms with Gasteiger partial charge >= 0.3 is 0 Å². The third-order valence-corrected chi connectivity index (χ3v) is 2.79. The van der Waals surface area contributed by atoms with Crippen molar-refractivity contribution in [1.29, 1.82) is 0 Å². The Morgan fingerprint density at radius 1 is 1.55 bits per heavy atom. The molecule has 0 amide bonds. The van der Waals surface area contributed by atoms with Gasteiger partial charge in [0.25, 0.3) is 0 Å². The average Bonchev–Trinajstić information content (AvgIpc) is 1.94. The van der Waals surface area contributed by atoms with E-state index in [2.05, 4.69) is 34.8 Å². The Kier molecular flexibility index (Phi) is 2.90. The fraction of sp³-hybridized carbons (Fsp3) is 0.375. The van der Waals surface area contributed by atoms with Crippen molar-refractivity contribution < 1.29 is 0 Å². The van der Waals surface area contributed by atoms with E-state index in [1.807, 2.05) is 0 Å². The Labute approximate surface area is 79.9 Å². The molecule has 0 aliphatic carbocycles. The van der Waals surface area contributed by atoms with Crippen LogP contribution in [0.2, 0.25) is 5.02 Å². The quantitative estimate of drug-likeness (QED) is 0.723. The molecule has 1 heterocycles. The standard InChI is InChI=1S/C8H9BrClN/c1-5(2)8-7(9)6(10)3-4-11-8/h3-5H,1-2H3. The summed E-state index contributed by atoms with van der Waals surface area (Å²) in [7, 11) is 0. The van der Waals surface area contributed by atoms with Gasteiger partial charge in [0.1, 0.15) is 0 Å². The fourth-order valence-electron chi connectivity index (χ4n) is 0.838. The minimum absolute atomic E-state index is 0.406. The minimum Gasteiger partial charge on any atom is -0.260 e. The zero-order valence-electron chi connectivity index (χ0n) is 6.44. The fourth-order valence-corrected chi connectivity index (χ4v) is 1.68. The number of aromatic nitrogens is 1. The first-order valence-electron chi connectivity index (χ1n) is 3.43. The highest BCUT2D eigenvalue weighted by atomic mass is 79.9. The minimum atomic E-state index is 0.406. The molecule has 0 aliphatic rings. The highest BCUT2D eigenvalue weighted by Crippen LogP contribution is 2.28. The first-order chi connectivity index (χ1) is 5.13. The number of hydrogen-bond donors (Lipinski definition) is 0. The van der Waals surface area contributed by atoms with Crippen molar-refractivity contribution in [3.63, 3.8) is 0 Å². The van der Waals surface area contributed by atoms with Gasteiger partial charge < -0.3 is 0 Å². The van der Waals surface area contributed by atoms with Crippen LogP contribution in [0.1, 0.15) is 25.5 Å². The second-order valence-electron chi connectivity index (χ2n) is 2.65. The topological polar surface area (TPSA) is 12.9 Å². The van der Waals surface area contributed by atoms with Crippen LogP contribution in [0.3, 0.4) is 0 Å². The molecule has 0 saturated heterocycles. The zero-order chi connectivity index (χ0) is 8.43. The van der Waals surface area contributed by atoms with Crippen LogP contribution in [-0.4, -0.2) is 4.98 Å². The molecule has 0 spiro atoms. The summed E-state index contributed by atoms with van der Waals surface area (Å²) < 4.78 is 0.914. The molecule has 11 heavy (non-hydrogen) atoms. The van der Waals surface area contributed by atoms with Crippen LogP contribution in [-0.2, 0) is 0 Å². The monoisotopic (exact) mass is 233 g/mol. The Bertz CT molecular complexity index is 260. The van der Waals surface area contributed by atoms with Gasteiger partial charge in [0, 0.05) is 6.20 Å². The Hall–Kier alpha value is -0.0800. The summed E-state index contributed by atoms with van der Waals surface area (Å²) >= 11 is 9.26. The van der Waals surface area contributed by atoms with Gasteiger partial charge in [-0.25, -0.2) is 0 Å². The first kappa shape index (κ1) is 9.01. The number of rotatable bonds is 1. The summed E-state index contributed by atoms with van der Waals surface area (Å²) in [5.74, 6) is 0.406. The van der Waals surface area contributed by atoms with Crippen molar-refractivity contribution >= 4 is 27.5 Å². The van der Waals surface area contributed by atoms with Gasteiger partial charge in [-0.05, 0) is 27.9 Å². The molecule has 0 aliphatic heterocycles. The van der Waals surface area contributed by atoms with Gasteiger partial charge in [-0.1, -0.05) is 25.4 Å². The molecule has 1 aromatic rings. The molecular formula is C8H9BrClN. The number of hydrogen-bond acceptors (Lipinski definition) is 1. The van der Waals surface area contributed by atoms with E-state index >= 15 is 0 Å². The SMILES string of the molecule is CC(C)c1nccc(Cl)c1Br. The predicted molar refractivity (Wildman–Crippen MR) is 51.0 cm³/mol. The van der Waals surface area contributed by atoms with Gasteiger partial charge in [0.2, 0.25) is 0 Å². The molecule has 60 valence electrons. The molecule has 0 radical (unpaired) electrons. The number of halogens is 2. The van der Waals surface area contributed by atoms with Crippen molar-refractivity contribution in [2.24, 2.45) is 0 Å². The van der Waals surface area contributed by atoms with E-state index in [0.29, 0.717) is 5.92 Å². The third kappa shape index (κ3) is 1.94. The van der Waals surface area contributed by atoms with E-state index in [9.17, 15) is 0 Å². The third-order valence-electron chi connectivity index (χ3n) is 1.42. The van der Waals surface area contributed by atoms with Gasteiger partial charge in [-0.3, -0.25) is 4.98 Å². The molecule has 0 unspecified atom stereocenters. The molecule has 0 fully saturated rings. The van der Waals surface area contributed by atoms with Gasteiger partial charge in [-0.15, -0.1) is 0 Å². The summed E-state index contributed by atoms with van der Waals surface area (Å²) in [6.07, 6.45) is 1.72. The van der Waals surface area contributed by atoms with Crippen molar-refractivity contribution in [2.45, 2.75) is 19.8 Å². The molecule has 0 bridgehead atoms. The van der Waals surface area contributed by atoms with E-state index in [0.717, 1.165) is 15.2 Å². The second-order valence-corrected chi connectivity index (χ2v) is 3.85. The normalized spacial score (nSPS) is 10.6. The van der Waals surface area contributed by atoms with Crippen LogP contribution in [0.4, 0.5) is 0 Å². The summed E-state index contributed by atoms with van der Waals surface area (Å²) in [6, 6.07) is 1.78. The molecule has 0 N–H and O–H groups in total. The van der Waals surface area contributed by atoms with Crippen LogP contribution in [0.5, 0.6) is 0 Å². The molecule has 1 nitrogen and oxygen atoms in total. The smallest absolute Gasteiger partial charge is 0.0585 e. The molecule has 3 heteroatoms. The van der Waals surface area contributed by atoms with Crippen LogP contribution in [0.15, 0.2) is 16.7 Å². The van der Waals surface area contributed by atoms with Crippen molar-refractivity contribution in [2.75, 3.05) is 0 Å². The first-order valence-corrected chi connectivity index (χ1v) is 4.60. The molecular weight excluding hydrogens is 225 g/mol. The lowest BCUT2D eigenvalue weighted by molar-refractivity contribution is 0.816. The highest BCUT2D eigenvalue weighted by Gasteiger charge is 2.07. The second kappa shape index (κ2) is 3.55. The van der Waals surface area contributed by atoms with E-state index in [4.69, 9.17) is 11.6 Å². The molecule has 1 aromatic heterocycles. The van der Waals surface area contributed by atoms with E-state index < -0.39 is 0 Å².